The Morgan fingerprint density at radius 1 is 1.46 bits per heavy atom. The van der Waals surface area contributed by atoms with Gasteiger partial charge in [0.2, 0.25) is 15.7 Å². The summed E-state index contributed by atoms with van der Waals surface area (Å²) in [4.78, 5) is 19.5. The van der Waals surface area contributed by atoms with Crippen LogP contribution in [0.5, 0.6) is 0 Å². The van der Waals surface area contributed by atoms with Gasteiger partial charge in [-0.05, 0) is 17.9 Å². The Morgan fingerprint density at radius 2 is 2.25 bits per heavy atom. The molecule has 10 heteroatoms. The van der Waals surface area contributed by atoms with Crippen molar-refractivity contribution in [1.82, 2.24) is 15.3 Å². The number of amides is 1. The first-order valence-corrected chi connectivity index (χ1v) is 10.6. The minimum absolute atomic E-state index is 0.118. The second-order valence-electron chi connectivity index (χ2n) is 4.83. The summed E-state index contributed by atoms with van der Waals surface area (Å²) in [6, 6.07) is 3.15. The van der Waals surface area contributed by atoms with Crippen molar-refractivity contribution in [3.05, 3.63) is 23.7 Å². The predicted octanol–water partition coefficient (Wildman–Crippen LogP) is 1.96. The highest BCUT2D eigenvalue weighted by Crippen LogP contribution is 2.28. The summed E-state index contributed by atoms with van der Waals surface area (Å²) in [5.74, 6) is -0.0848. The van der Waals surface area contributed by atoms with E-state index in [0.717, 1.165) is 35.9 Å². The quantitative estimate of drug-likeness (QED) is 0.405. The second kappa shape index (κ2) is 8.45. The summed E-state index contributed by atoms with van der Waals surface area (Å²) >= 11 is 2.22. The van der Waals surface area contributed by atoms with Crippen molar-refractivity contribution in [3.8, 4) is 0 Å². The van der Waals surface area contributed by atoms with Crippen LogP contribution >= 0.6 is 23.1 Å². The number of nitrogen functional groups attached to an aromatic ring is 1. The van der Waals surface area contributed by atoms with Crippen LogP contribution in [0, 0.1) is 0 Å². The summed E-state index contributed by atoms with van der Waals surface area (Å²) in [6.45, 7) is 2.68. The van der Waals surface area contributed by atoms with Gasteiger partial charge >= 0.3 is 0 Å². The zero-order valence-electron chi connectivity index (χ0n) is 13.1. The number of thioether (sulfide) groups is 1. The number of thiophene rings is 1. The lowest BCUT2D eigenvalue weighted by molar-refractivity contribution is -0.118. The summed E-state index contributed by atoms with van der Waals surface area (Å²) in [5, 5.41) is 4.72. The zero-order chi connectivity index (χ0) is 17.6. The first-order chi connectivity index (χ1) is 11.4. The van der Waals surface area contributed by atoms with Crippen LogP contribution in [0.2, 0.25) is 0 Å². The molecule has 0 bridgehead atoms. The maximum atomic E-state index is 12.4. The van der Waals surface area contributed by atoms with Gasteiger partial charge in [0, 0.05) is 6.54 Å². The van der Waals surface area contributed by atoms with Crippen molar-refractivity contribution in [2.45, 2.75) is 34.0 Å². The minimum Gasteiger partial charge on any atom is -0.382 e. The van der Waals surface area contributed by atoms with Gasteiger partial charge in [-0.15, -0.1) is 11.3 Å². The van der Waals surface area contributed by atoms with E-state index in [1.165, 1.54) is 12.3 Å². The summed E-state index contributed by atoms with van der Waals surface area (Å²) in [5.41, 5.74) is 5.78. The van der Waals surface area contributed by atoms with E-state index in [1.54, 1.807) is 11.4 Å². The molecule has 3 N–H and O–H groups in total. The fourth-order valence-electron chi connectivity index (χ4n) is 1.75. The number of hydrogen-bond acceptors (Lipinski definition) is 8. The molecule has 0 saturated heterocycles. The molecule has 0 aliphatic rings. The molecule has 2 rings (SSSR count). The third-order valence-electron chi connectivity index (χ3n) is 3.00. The van der Waals surface area contributed by atoms with Gasteiger partial charge in [-0.25, -0.2) is 18.4 Å². The first-order valence-electron chi connectivity index (χ1n) is 7.25. The van der Waals surface area contributed by atoms with E-state index in [9.17, 15) is 13.2 Å². The number of rotatable bonds is 8. The van der Waals surface area contributed by atoms with E-state index in [0.29, 0.717) is 6.54 Å². The van der Waals surface area contributed by atoms with Crippen LogP contribution in [0.25, 0.3) is 0 Å². The van der Waals surface area contributed by atoms with Gasteiger partial charge in [-0.2, -0.15) is 0 Å². The number of nitrogens with zero attached hydrogens (tertiary/aromatic N) is 2. The highest BCUT2D eigenvalue weighted by molar-refractivity contribution is 7.99. The largest absolute Gasteiger partial charge is 0.382 e. The Bertz CT molecular complexity index is 792. The van der Waals surface area contributed by atoms with Crippen LogP contribution in [0.3, 0.4) is 0 Å². The second-order valence-corrected chi connectivity index (χ2v) is 8.86. The van der Waals surface area contributed by atoms with Crippen LogP contribution in [0.4, 0.5) is 5.82 Å². The van der Waals surface area contributed by atoms with E-state index in [-0.39, 0.29) is 31.7 Å². The number of carbonyl (C=O) groups is 1. The molecule has 0 fully saturated rings. The number of nitrogens with two attached hydrogens (primary N) is 1. The lowest BCUT2D eigenvalue weighted by atomic mass is 10.3. The van der Waals surface area contributed by atoms with Crippen LogP contribution in [0.15, 0.2) is 38.0 Å². The fourth-order valence-corrected chi connectivity index (χ4v) is 4.78. The first kappa shape index (κ1) is 18.7. The molecule has 2 aromatic rings. The number of hydrogen-bond donors (Lipinski definition) is 2. The molecule has 0 aliphatic carbocycles. The maximum Gasteiger partial charge on any atom is 0.230 e. The minimum atomic E-state index is -3.71. The van der Waals surface area contributed by atoms with Gasteiger partial charge in [0.1, 0.15) is 14.9 Å². The number of anilines is 1. The van der Waals surface area contributed by atoms with Crippen LogP contribution < -0.4 is 11.1 Å². The van der Waals surface area contributed by atoms with E-state index in [4.69, 9.17) is 5.73 Å². The molecule has 0 saturated carbocycles. The molecule has 130 valence electrons. The number of nitrogens with one attached hydrogen (secondary N) is 1. The average Bonchev–Trinajstić information content (AvgIpc) is 3.08. The van der Waals surface area contributed by atoms with Gasteiger partial charge < -0.3 is 11.1 Å². The SMILES string of the molecule is CCCCNC(=O)CSc1ncc(S(=O)(=O)c2cccs2)c(N)n1. The maximum absolute atomic E-state index is 12.4. The molecule has 1 amide bonds. The number of unbranched alkanes of at least 4 members (excludes halogenated alkanes) is 1. The molecule has 0 radical (unpaired) electrons. The van der Waals surface area contributed by atoms with Gasteiger partial charge in [0.25, 0.3) is 0 Å². The molecule has 0 aromatic carbocycles. The third-order valence-corrected chi connectivity index (χ3v) is 7.02. The van der Waals surface area contributed by atoms with Gasteiger partial charge in [0.15, 0.2) is 5.16 Å². The standard InChI is InChI=1S/C14H18N4O3S3/c1-2-3-6-16-11(19)9-23-14-17-8-10(13(15)18-14)24(20,21)12-5-4-7-22-12/h4-5,7-8H,2-3,6,9H2,1H3,(H,16,19)(H2,15,17,18). The number of sulfone groups is 1. The molecule has 24 heavy (non-hydrogen) atoms. The molecule has 0 atom stereocenters. The summed E-state index contributed by atoms with van der Waals surface area (Å²) < 4.78 is 25.0. The van der Waals surface area contributed by atoms with Crippen molar-refractivity contribution < 1.29 is 13.2 Å². The van der Waals surface area contributed by atoms with E-state index < -0.39 is 9.84 Å². The lowest BCUT2D eigenvalue weighted by Crippen LogP contribution is -2.26. The predicted molar refractivity (Wildman–Crippen MR) is 94.9 cm³/mol. The van der Waals surface area contributed by atoms with Crippen molar-refractivity contribution >= 4 is 44.7 Å². The van der Waals surface area contributed by atoms with Crippen LogP contribution in [-0.2, 0) is 14.6 Å². The Balaban J connectivity index is 2.04. The fraction of sp³-hybridized carbons (Fsp3) is 0.357. The third kappa shape index (κ3) is 4.68. The summed E-state index contributed by atoms with van der Waals surface area (Å²) in [7, 11) is -3.71. The van der Waals surface area contributed by atoms with Crippen LogP contribution in [0.1, 0.15) is 19.8 Å². The Labute approximate surface area is 149 Å². The molecule has 0 unspecified atom stereocenters. The topological polar surface area (TPSA) is 115 Å². The molecule has 0 aliphatic heterocycles. The van der Waals surface area contributed by atoms with Crippen molar-refractivity contribution in [2.24, 2.45) is 0 Å². The molecular weight excluding hydrogens is 368 g/mol. The number of aromatic nitrogens is 2. The molecule has 0 spiro atoms. The van der Waals surface area contributed by atoms with E-state index in [2.05, 4.69) is 15.3 Å². The zero-order valence-corrected chi connectivity index (χ0v) is 15.5. The number of carbonyl (C=O) groups excluding carboxylic acids is 1. The van der Waals surface area contributed by atoms with E-state index in [1.807, 2.05) is 6.92 Å². The Kier molecular flexibility index (Phi) is 6.58. The molecular formula is C14H18N4O3S3. The highest BCUT2D eigenvalue weighted by Gasteiger charge is 2.23. The van der Waals surface area contributed by atoms with Gasteiger partial charge in [-0.3, -0.25) is 4.79 Å². The van der Waals surface area contributed by atoms with Crippen molar-refractivity contribution in [1.29, 1.82) is 0 Å². The normalized spacial score (nSPS) is 11.4. The lowest BCUT2D eigenvalue weighted by Gasteiger charge is -2.07. The van der Waals surface area contributed by atoms with Crippen LogP contribution in [-0.4, -0.2) is 36.6 Å². The highest BCUT2D eigenvalue weighted by atomic mass is 32.2. The molecule has 2 aromatic heterocycles. The van der Waals surface area contributed by atoms with E-state index >= 15 is 0 Å². The Hall–Kier alpha value is -1.65. The summed E-state index contributed by atoms with van der Waals surface area (Å²) in [6.07, 6.45) is 3.12. The van der Waals surface area contributed by atoms with Crippen molar-refractivity contribution in [3.63, 3.8) is 0 Å². The Morgan fingerprint density at radius 3 is 2.88 bits per heavy atom. The molecule has 7 nitrogen and oxygen atoms in total. The molecule has 2 heterocycles. The van der Waals surface area contributed by atoms with Gasteiger partial charge in [-0.1, -0.05) is 31.2 Å². The van der Waals surface area contributed by atoms with Gasteiger partial charge in [0.05, 0.1) is 11.9 Å². The monoisotopic (exact) mass is 386 g/mol. The van der Waals surface area contributed by atoms with Crippen molar-refractivity contribution in [2.75, 3.05) is 18.0 Å². The average molecular weight is 387 g/mol. The smallest absolute Gasteiger partial charge is 0.230 e.